The zero-order valence-corrected chi connectivity index (χ0v) is 19.1. The summed E-state index contributed by atoms with van der Waals surface area (Å²) in [6, 6.07) is 24.7. The molecule has 1 aliphatic heterocycles. The van der Waals surface area contributed by atoms with Crippen LogP contribution in [0.15, 0.2) is 78.9 Å². The van der Waals surface area contributed by atoms with Gasteiger partial charge in [-0.25, -0.2) is 0 Å². The molecule has 0 fully saturated rings. The lowest BCUT2D eigenvalue weighted by atomic mass is 9.95. The van der Waals surface area contributed by atoms with Gasteiger partial charge in [0.2, 0.25) is 0 Å². The second kappa shape index (κ2) is 9.43. The molecule has 5 rings (SSSR count). The minimum atomic E-state index is -0.287. The van der Waals surface area contributed by atoms with Crippen LogP contribution in [0.4, 0.5) is 0 Å². The molecule has 0 aliphatic carbocycles. The number of amides is 1. The fourth-order valence-corrected chi connectivity index (χ4v) is 4.47. The van der Waals surface area contributed by atoms with E-state index in [1.54, 1.807) is 12.1 Å². The molecule has 1 atom stereocenters. The number of aromatic hydroxyl groups is 1. The summed E-state index contributed by atoms with van der Waals surface area (Å²) in [5.74, 6) is 0.845. The van der Waals surface area contributed by atoms with Gasteiger partial charge in [-0.1, -0.05) is 67.9 Å². The summed E-state index contributed by atoms with van der Waals surface area (Å²) in [4.78, 5) is 15.2. The maximum absolute atomic E-state index is 13.3. The minimum absolute atomic E-state index is 0.0629. The summed E-state index contributed by atoms with van der Waals surface area (Å²) in [6.45, 7) is 3.26. The molecule has 172 valence electrons. The SMILES string of the molecule is CCCCN1C(=O)c2[nH]nc(-c3ccccc3O)c2[C@@H]1c1ccc(OCc2ccccc2)cc1. The molecular weight excluding hydrogens is 426 g/mol. The number of fused-ring (bicyclic) bond motifs is 1. The standard InChI is InChI=1S/C28H27N3O3/c1-2-3-17-31-27(20-13-15-21(16-14-20)34-18-19-9-5-4-6-10-19)24-25(29-30-26(24)28(31)33)22-11-7-8-12-23(22)32/h4-16,27,32H,2-3,17-18H2,1H3,(H,29,30)/t27-/m0/s1. The Morgan fingerprint density at radius 1 is 1.00 bits per heavy atom. The number of phenolic OH excluding ortho intramolecular Hbond substituents is 1. The number of phenols is 1. The average molecular weight is 454 g/mol. The van der Waals surface area contributed by atoms with E-state index in [1.807, 2.05) is 71.6 Å². The fourth-order valence-electron chi connectivity index (χ4n) is 4.47. The van der Waals surface area contributed by atoms with Crippen LogP contribution in [-0.2, 0) is 6.61 Å². The van der Waals surface area contributed by atoms with Crippen molar-refractivity contribution in [2.45, 2.75) is 32.4 Å². The Labute approximate surface area is 198 Å². The van der Waals surface area contributed by atoms with Crippen molar-refractivity contribution < 1.29 is 14.6 Å². The van der Waals surface area contributed by atoms with Crippen molar-refractivity contribution in [1.29, 1.82) is 0 Å². The maximum atomic E-state index is 13.3. The van der Waals surface area contributed by atoms with Crippen LogP contribution in [-0.4, -0.2) is 32.7 Å². The van der Waals surface area contributed by atoms with E-state index in [-0.39, 0.29) is 17.7 Å². The first kappa shape index (κ1) is 21.8. The van der Waals surface area contributed by atoms with Crippen LogP contribution in [0, 0.1) is 0 Å². The van der Waals surface area contributed by atoms with Crippen LogP contribution < -0.4 is 4.74 Å². The summed E-state index contributed by atoms with van der Waals surface area (Å²) in [7, 11) is 0. The third kappa shape index (κ3) is 4.03. The third-order valence-electron chi connectivity index (χ3n) is 6.22. The summed E-state index contributed by atoms with van der Waals surface area (Å²) in [5, 5.41) is 17.8. The zero-order chi connectivity index (χ0) is 23.5. The van der Waals surface area contributed by atoms with Gasteiger partial charge in [0.05, 0.1) is 6.04 Å². The van der Waals surface area contributed by atoms with Crippen LogP contribution in [0.25, 0.3) is 11.3 Å². The number of hydrogen-bond acceptors (Lipinski definition) is 4. The van der Waals surface area contributed by atoms with Crippen LogP contribution in [0.1, 0.15) is 53.0 Å². The van der Waals surface area contributed by atoms with Crippen molar-refractivity contribution in [2.24, 2.45) is 0 Å². The first-order valence-electron chi connectivity index (χ1n) is 11.6. The molecule has 0 saturated carbocycles. The van der Waals surface area contributed by atoms with Crippen LogP contribution in [0.3, 0.4) is 0 Å². The number of nitrogens with zero attached hydrogens (tertiary/aromatic N) is 2. The molecular formula is C28H27N3O3. The van der Waals surface area contributed by atoms with Gasteiger partial charge in [0.15, 0.2) is 0 Å². The van der Waals surface area contributed by atoms with Gasteiger partial charge in [0.1, 0.15) is 29.5 Å². The second-order valence-electron chi connectivity index (χ2n) is 8.48. The quantitative estimate of drug-likeness (QED) is 0.358. The molecule has 0 saturated heterocycles. The van der Waals surface area contributed by atoms with E-state index in [0.717, 1.165) is 35.3 Å². The lowest BCUT2D eigenvalue weighted by Gasteiger charge is -2.26. The molecule has 1 aliphatic rings. The van der Waals surface area contributed by atoms with E-state index in [2.05, 4.69) is 17.1 Å². The minimum Gasteiger partial charge on any atom is -0.507 e. The van der Waals surface area contributed by atoms with E-state index in [0.29, 0.717) is 30.1 Å². The predicted molar refractivity (Wildman–Crippen MR) is 131 cm³/mol. The monoisotopic (exact) mass is 453 g/mol. The van der Waals surface area contributed by atoms with Gasteiger partial charge in [0.25, 0.3) is 5.91 Å². The Kier molecular flexibility index (Phi) is 6.04. The van der Waals surface area contributed by atoms with Crippen molar-refractivity contribution in [3.05, 3.63) is 101 Å². The van der Waals surface area contributed by atoms with Gasteiger partial charge in [-0.2, -0.15) is 5.10 Å². The van der Waals surface area contributed by atoms with E-state index >= 15 is 0 Å². The van der Waals surface area contributed by atoms with Crippen molar-refractivity contribution in [3.63, 3.8) is 0 Å². The number of nitrogens with one attached hydrogen (secondary N) is 1. The first-order valence-corrected chi connectivity index (χ1v) is 11.6. The number of benzene rings is 3. The number of carbonyl (C=O) groups is 1. The van der Waals surface area contributed by atoms with Gasteiger partial charge in [-0.15, -0.1) is 0 Å². The molecule has 6 nitrogen and oxygen atoms in total. The van der Waals surface area contributed by atoms with Crippen molar-refractivity contribution in [3.8, 4) is 22.8 Å². The summed E-state index contributed by atoms with van der Waals surface area (Å²) >= 11 is 0. The van der Waals surface area contributed by atoms with E-state index in [1.165, 1.54) is 0 Å². The average Bonchev–Trinajstić information content (AvgIpc) is 3.41. The Morgan fingerprint density at radius 3 is 2.47 bits per heavy atom. The lowest BCUT2D eigenvalue weighted by Crippen LogP contribution is -2.30. The van der Waals surface area contributed by atoms with Crippen molar-refractivity contribution in [2.75, 3.05) is 6.54 Å². The number of hydrogen-bond donors (Lipinski definition) is 2. The highest BCUT2D eigenvalue weighted by Gasteiger charge is 2.42. The zero-order valence-electron chi connectivity index (χ0n) is 19.1. The van der Waals surface area contributed by atoms with Crippen LogP contribution in [0.5, 0.6) is 11.5 Å². The highest BCUT2D eigenvalue weighted by atomic mass is 16.5. The van der Waals surface area contributed by atoms with Crippen molar-refractivity contribution in [1.82, 2.24) is 15.1 Å². The van der Waals surface area contributed by atoms with Gasteiger partial charge in [-0.3, -0.25) is 9.89 Å². The molecule has 2 heterocycles. The Bertz CT molecular complexity index is 1280. The molecule has 1 amide bonds. The second-order valence-corrected chi connectivity index (χ2v) is 8.48. The summed E-state index contributed by atoms with van der Waals surface area (Å²) in [5.41, 5.74) is 4.60. The number of aromatic amines is 1. The Morgan fingerprint density at radius 2 is 1.74 bits per heavy atom. The summed E-state index contributed by atoms with van der Waals surface area (Å²) in [6.07, 6.45) is 1.89. The number of ether oxygens (including phenoxy) is 1. The number of H-pyrrole nitrogens is 1. The first-order chi connectivity index (χ1) is 16.7. The van der Waals surface area contributed by atoms with Gasteiger partial charge in [0, 0.05) is 17.7 Å². The normalized spacial score (nSPS) is 14.9. The van der Waals surface area contributed by atoms with Crippen LogP contribution in [0.2, 0.25) is 0 Å². The predicted octanol–water partition coefficient (Wildman–Crippen LogP) is 5.71. The smallest absolute Gasteiger partial charge is 0.273 e. The largest absolute Gasteiger partial charge is 0.507 e. The maximum Gasteiger partial charge on any atom is 0.273 e. The number of carbonyl (C=O) groups excluding carboxylic acids is 1. The van der Waals surface area contributed by atoms with Crippen molar-refractivity contribution >= 4 is 5.91 Å². The van der Waals surface area contributed by atoms with Gasteiger partial charge >= 0.3 is 0 Å². The molecule has 6 heteroatoms. The molecule has 1 aromatic heterocycles. The van der Waals surface area contributed by atoms with Crippen LogP contribution >= 0.6 is 0 Å². The summed E-state index contributed by atoms with van der Waals surface area (Å²) < 4.78 is 5.95. The molecule has 0 spiro atoms. The number of aromatic nitrogens is 2. The van der Waals surface area contributed by atoms with Gasteiger partial charge in [-0.05, 0) is 41.8 Å². The van der Waals surface area contributed by atoms with E-state index < -0.39 is 0 Å². The third-order valence-corrected chi connectivity index (χ3v) is 6.22. The number of para-hydroxylation sites is 1. The molecule has 2 N–H and O–H groups in total. The van der Waals surface area contributed by atoms with E-state index in [4.69, 9.17) is 4.74 Å². The highest BCUT2D eigenvalue weighted by Crippen LogP contribution is 2.44. The molecule has 0 radical (unpaired) electrons. The molecule has 0 unspecified atom stereocenters. The van der Waals surface area contributed by atoms with E-state index in [9.17, 15) is 9.90 Å². The molecule has 0 bridgehead atoms. The molecule has 4 aromatic rings. The lowest BCUT2D eigenvalue weighted by molar-refractivity contribution is 0.0741. The molecule has 34 heavy (non-hydrogen) atoms. The Balaban J connectivity index is 1.48. The number of rotatable bonds is 8. The fraction of sp³-hybridized carbons (Fsp3) is 0.214. The van der Waals surface area contributed by atoms with Gasteiger partial charge < -0.3 is 14.7 Å². The highest BCUT2D eigenvalue weighted by molar-refractivity contribution is 6.00. The number of unbranched alkanes of at least 4 members (excludes halogenated alkanes) is 1. The molecule has 3 aromatic carbocycles. The Hall–Kier alpha value is -4.06. The topological polar surface area (TPSA) is 78.5 Å².